The molecular formula is C26H29ClN6O4S. The second-order valence-electron chi connectivity index (χ2n) is 9.88. The maximum absolute atomic E-state index is 13.3. The number of hydrogen-bond donors (Lipinski definition) is 2. The standard InChI is InChI=1S/C26H29ClN6O4S/c1-33-8-7-18-23(12-33)38-26(30-18)25(36)29-20-10-15(22(34)13-37-2)4-6-17(20)28-24(35)21-9-14-3-5-16(27)11-19(14)31-32-21/h3,5,9,11,15,17,20H,4,6-8,10,12-13H2,1-2H3,(H,28,35)(H,29,36)/t15?,17-,20+/m0/s1. The predicted molar refractivity (Wildman–Crippen MR) is 143 cm³/mol. The highest BCUT2D eigenvalue weighted by molar-refractivity contribution is 7.13. The molecule has 1 saturated carbocycles. The smallest absolute Gasteiger partial charge is 0.280 e. The minimum atomic E-state index is -0.457. The Morgan fingerprint density at radius 2 is 1.95 bits per heavy atom. The zero-order valence-corrected chi connectivity index (χ0v) is 22.8. The monoisotopic (exact) mass is 556 g/mol. The first-order valence-electron chi connectivity index (χ1n) is 12.5. The number of nitrogens with zero attached hydrogens (tertiary/aromatic N) is 4. The van der Waals surface area contributed by atoms with Crippen molar-refractivity contribution in [2.75, 3.05) is 27.3 Å². The van der Waals surface area contributed by atoms with Crippen molar-refractivity contribution in [2.45, 2.75) is 44.3 Å². The van der Waals surface area contributed by atoms with Crippen LogP contribution in [0.4, 0.5) is 0 Å². The molecule has 3 aromatic rings. The fourth-order valence-corrected chi connectivity index (χ4v) is 6.33. The highest BCUT2D eigenvalue weighted by Gasteiger charge is 2.36. The second kappa shape index (κ2) is 11.4. The Hall–Kier alpha value is -2.99. The number of thiazole rings is 1. The average Bonchev–Trinajstić information content (AvgIpc) is 3.33. The SMILES string of the molecule is COCC(=O)C1CC[C@H](NC(=O)c2cc3ccc(Cl)cc3nn2)[C@H](NC(=O)c2nc3c(s2)CN(C)CC3)C1. The molecule has 200 valence electrons. The van der Waals surface area contributed by atoms with Crippen LogP contribution in [0.3, 0.4) is 0 Å². The lowest BCUT2D eigenvalue weighted by Crippen LogP contribution is -2.55. The van der Waals surface area contributed by atoms with Crippen molar-refractivity contribution in [3.63, 3.8) is 0 Å². The molecular weight excluding hydrogens is 528 g/mol. The molecule has 1 aliphatic carbocycles. The molecule has 2 amide bonds. The third-order valence-corrected chi connectivity index (χ3v) is 8.44. The van der Waals surface area contributed by atoms with Crippen LogP contribution < -0.4 is 10.6 Å². The van der Waals surface area contributed by atoms with Gasteiger partial charge in [-0.1, -0.05) is 17.7 Å². The molecule has 0 saturated heterocycles. The van der Waals surface area contributed by atoms with E-state index in [4.69, 9.17) is 16.3 Å². The van der Waals surface area contributed by atoms with Gasteiger partial charge in [0.2, 0.25) is 0 Å². The summed E-state index contributed by atoms with van der Waals surface area (Å²) in [5.41, 5.74) is 1.73. The number of fused-ring (bicyclic) bond motifs is 2. The molecule has 1 aliphatic heterocycles. The number of amides is 2. The number of carbonyl (C=O) groups excluding carboxylic acids is 3. The van der Waals surface area contributed by atoms with Gasteiger partial charge in [0.05, 0.1) is 17.3 Å². The van der Waals surface area contributed by atoms with Crippen LogP contribution in [0.1, 0.15) is 50.1 Å². The molecule has 0 spiro atoms. The van der Waals surface area contributed by atoms with Crippen molar-refractivity contribution in [3.8, 4) is 0 Å². The van der Waals surface area contributed by atoms with E-state index in [1.165, 1.54) is 18.4 Å². The van der Waals surface area contributed by atoms with E-state index in [2.05, 4.69) is 30.7 Å². The Kier molecular flexibility index (Phi) is 7.98. The summed E-state index contributed by atoms with van der Waals surface area (Å²) in [5, 5.41) is 15.9. The van der Waals surface area contributed by atoms with Crippen molar-refractivity contribution >= 4 is 51.4 Å². The van der Waals surface area contributed by atoms with E-state index in [9.17, 15) is 14.4 Å². The van der Waals surface area contributed by atoms with Crippen molar-refractivity contribution in [1.29, 1.82) is 0 Å². The van der Waals surface area contributed by atoms with Gasteiger partial charge in [0.1, 0.15) is 6.61 Å². The largest absolute Gasteiger partial charge is 0.377 e. The Morgan fingerprint density at radius 1 is 1.13 bits per heavy atom. The van der Waals surface area contributed by atoms with Gasteiger partial charge in [0.25, 0.3) is 11.8 Å². The lowest BCUT2D eigenvalue weighted by atomic mass is 9.80. The van der Waals surface area contributed by atoms with Gasteiger partial charge in [-0.05, 0) is 44.5 Å². The number of methoxy groups -OCH3 is 1. The predicted octanol–water partition coefficient (Wildman–Crippen LogP) is 2.64. The third-order valence-electron chi connectivity index (χ3n) is 7.12. The highest BCUT2D eigenvalue weighted by Crippen LogP contribution is 2.28. The van der Waals surface area contributed by atoms with E-state index < -0.39 is 11.9 Å². The summed E-state index contributed by atoms with van der Waals surface area (Å²) in [6.45, 7) is 1.70. The summed E-state index contributed by atoms with van der Waals surface area (Å²) < 4.78 is 5.05. The molecule has 0 radical (unpaired) electrons. The number of ketones is 1. The second-order valence-corrected chi connectivity index (χ2v) is 11.4. The van der Waals surface area contributed by atoms with E-state index in [1.807, 2.05) is 7.05 Å². The minimum Gasteiger partial charge on any atom is -0.377 e. The van der Waals surface area contributed by atoms with Gasteiger partial charge in [-0.2, -0.15) is 0 Å². The number of halogens is 1. The molecule has 1 aromatic carbocycles. The van der Waals surface area contributed by atoms with E-state index in [0.29, 0.717) is 34.8 Å². The topological polar surface area (TPSA) is 126 Å². The summed E-state index contributed by atoms with van der Waals surface area (Å²) in [4.78, 5) is 46.9. The first-order chi connectivity index (χ1) is 18.3. The summed E-state index contributed by atoms with van der Waals surface area (Å²) in [6, 6.07) is 6.01. The van der Waals surface area contributed by atoms with Crippen molar-refractivity contribution < 1.29 is 19.1 Å². The van der Waals surface area contributed by atoms with Crippen LogP contribution in [0, 0.1) is 5.92 Å². The Bertz CT molecular complexity index is 1380. The van der Waals surface area contributed by atoms with E-state index in [1.54, 1.807) is 24.3 Å². The third kappa shape index (κ3) is 5.85. The fourth-order valence-electron chi connectivity index (χ4n) is 5.07. The molecule has 3 atom stereocenters. The quantitative estimate of drug-likeness (QED) is 0.455. The van der Waals surface area contributed by atoms with Gasteiger partial charge < -0.3 is 20.3 Å². The van der Waals surface area contributed by atoms with Gasteiger partial charge in [-0.25, -0.2) is 4.98 Å². The van der Waals surface area contributed by atoms with Crippen molar-refractivity contribution in [2.24, 2.45) is 5.92 Å². The van der Waals surface area contributed by atoms with Gasteiger partial charge >= 0.3 is 0 Å². The molecule has 3 heterocycles. The maximum atomic E-state index is 13.3. The number of nitrogens with one attached hydrogen (secondary N) is 2. The summed E-state index contributed by atoms with van der Waals surface area (Å²) in [7, 11) is 3.53. The number of benzene rings is 1. The van der Waals surface area contributed by atoms with Crippen LogP contribution in [0.5, 0.6) is 0 Å². The molecule has 2 N–H and O–H groups in total. The first kappa shape index (κ1) is 26.6. The zero-order chi connectivity index (χ0) is 26.8. The molecule has 2 aliphatic rings. The average molecular weight is 557 g/mol. The number of aromatic nitrogens is 3. The molecule has 1 fully saturated rings. The Labute approximate surface area is 229 Å². The number of rotatable bonds is 7. The molecule has 5 rings (SSSR count). The van der Waals surface area contributed by atoms with Crippen molar-refractivity contribution in [3.05, 3.63) is 50.6 Å². The van der Waals surface area contributed by atoms with Gasteiger partial charge in [-0.3, -0.25) is 14.4 Å². The molecule has 1 unspecified atom stereocenters. The summed E-state index contributed by atoms with van der Waals surface area (Å²) in [6.07, 6.45) is 2.31. The van der Waals surface area contributed by atoms with Crippen LogP contribution in [0.2, 0.25) is 5.02 Å². The van der Waals surface area contributed by atoms with Crippen LogP contribution in [-0.4, -0.2) is 77.1 Å². The van der Waals surface area contributed by atoms with Gasteiger partial charge in [0, 0.05) is 53.9 Å². The highest BCUT2D eigenvalue weighted by atomic mass is 35.5. The molecule has 12 heteroatoms. The van der Waals surface area contributed by atoms with E-state index in [0.717, 1.165) is 35.5 Å². The Balaban J connectivity index is 1.33. The van der Waals surface area contributed by atoms with Crippen molar-refractivity contribution in [1.82, 2.24) is 30.7 Å². The molecule has 0 bridgehead atoms. The fraction of sp³-hybridized carbons (Fsp3) is 0.462. The van der Waals surface area contributed by atoms with Crippen LogP contribution in [-0.2, 0) is 22.5 Å². The number of likely N-dealkylation sites (N-methyl/N-ethyl adjacent to an activating group) is 1. The summed E-state index contributed by atoms with van der Waals surface area (Å²) in [5.74, 6) is -0.966. The Morgan fingerprint density at radius 3 is 2.76 bits per heavy atom. The number of hydrogen-bond acceptors (Lipinski definition) is 9. The lowest BCUT2D eigenvalue weighted by molar-refractivity contribution is -0.127. The number of Topliss-reactive ketones (excluding diaryl/α,β-unsaturated/α-hetero) is 1. The molecule has 2 aromatic heterocycles. The minimum absolute atomic E-state index is 0.0108. The first-order valence-corrected chi connectivity index (χ1v) is 13.7. The van der Waals surface area contributed by atoms with Crippen LogP contribution in [0.25, 0.3) is 10.9 Å². The van der Waals surface area contributed by atoms with Gasteiger partial charge in [0.15, 0.2) is 16.5 Å². The summed E-state index contributed by atoms with van der Waals surface area (Å²) >= 11 is 7.42. The molecule has 10 nitrogen and oxygen atoms in total. The normalized spacial score (nSPS) is 21.6. The zero-order valence-electron chi connectivity index (χ0n) is 21.2. The maximum Gasteiger partial charge on any atom is 0.280 e. The number of ether oxygens (including phenoxy) is 1. The van der Waals surface area contributed by atoms with E-state index in [-0.39, 0.29) is 36.0 Å². The lowest BCUT2D eigenvalue weighted by Gasteiger charge is -2.36. The van der Waals surface area contributed by atoms with Gasteiger partial charge in [-0.15, -0.1) is 21.5 Å². The van der Waals surface area contributed by atoms with Crippen LogP contribution >= 0.6 is 22.9 Å². The molecule has 38 heavy (non-hydrogen) atoms. The van der Waals surface area contributed by atoms with Crippen LogP contribution in [0.15, 0.2) is 24.3 Å². The van der Waals surface area contributed by atoms with E-state index >= 15 is 0 Å². The number of carbonyl (C=O) groups is 3.